The Kier molecular flexibility index (Phi) is 5.46. The third-order valence-electron chi connectivity index (χ3n) is 3.52. The molecule has 1 N–H and O–H groups in total. The van der Waals surface area contributed by atoms with Gasteiger partial charge in [0.25, 0.3) is 5.91 Å². The standard InChI is InChI=1S/C18H17F3N2O2/c1-23(2)16(24)10-12-6-8-15(9-7-12)22-17(25)13-4-3-5-14(11-13)18(19,20)21/h3-9,11H,10H2,1-2H3,(H,22,25). The summed E-state index contributed by atoms with van der Waals surface area (Å²) in [6.45, 7) is 0. The number of hydrogen-bond acceptors (Lipinski definition) is 2. The van der Waals surface area contributed by atoms with Gasteiger partial charge in [-0.05, 0) is 35.9 Å². The van der Waals surface area contributed by atoms with Crippen LogP contribution in [0.5, 0.6) is 0 Å². The number of likely N-dealkylation sites (N-methyl/N-ethyl adjacent to an activating group) is 1. The zero-order valence-corrected chi connectivity index (χ0v) is 13.7. The number of rotatable bonds is 4. The highest BCUT2D eigenvalue weighted by atomic mass is 19.4. The Morgan fingerprint density at radius 1 is 1.04 bits per heavy atom. The molecule has 0 atom stereocenters. The van der Waals surface area contributed by atoms with Gasteiger partial charge in [0.05, 0.1) is 12.0 Å². The third kappa shape index (κ3) is 5.07. The Morgan fingerprint density at radius 2 is 1.68 bits per heavy atom. The maximum Gasteiger partial charge on any atom is 0.416 e. The van der Waals surface area contributed by atoms with Crippen LogP contribution in [-0.4, -0.2) is 30.8 Å². The Bertz CT molecular complexity index is 769. The van der Waals surface area contributed by atoms with Gasteiger partial charge in [0.2, 0.25) is 5.91 Å². The summed E-state index contributed by atoms with van der Waals surface area (Å²) in [6.07, 6.45) is -4.27. The summed E-state index contributed by atoms with van der Waals surface area (Å²) >= 11 is 0. The number of alkyl halides is 3. The predicted molar refractivity (Wildman–Crippen MR) is 88.2 cm³/mol. The summed E-state index contributed by atoms with van der Waals surface area (Å²) in [5, 5.41) is 2.54. The molecule has 0 saturated carbocycles. The Morgan fingerprint density at radius 3 is 2.24 bits per heavy atom. The maximum absolute atomic E-state index is 12.7. The summed E-state index contributed by atoms with van der Waals surface area (Å²) in [6, 6.07) is 10.8. The van der Waals surface area contributed by atoms with Crippen molar-refractivity contribution < 1.29 is 22.8 Å². The van der Waals surface area contributed by atoms with Crippen LogP contribution in [0, 0.1) is 0 Å². The van der Waals surface area contributed by atoms with Crippen LogP contribution in [0.25, 0.3) is 0 Å². The van der Waals surface area contributed by atoms with Crippen molar-refractivity contribution in [2.45, 2.75) is 12.6 Å². The van der Waals surface area contributed by atoms with Crippen LogP contribution in [0.3, 0.4) is 0 Å². The van der Waals surface area contributed by atoms with E-state index in [2.05, 4.69) is 5.32 Å². The summed E-state index contributed by atoms with van der Waals surface area (Å²) in [4.78, 5) is 25.2. The van der Waals surface area contributed by atoms with Crippen molar-refractivity contribution in [3.05, 3.63) is 65.2 Å². The maximum atomic E-state index is 12.7. The van der Waals surface area contributed by atoms with Gasteiger partial charge in [-0.2, -0.15) is 13.2 Å². The van der Waals surface area contributed by atoms with Crippen molar-refractivity contribution in [1.82, 2.24) is 4.90 Å². The van der Waals surface area contributed by atoms with Crippen molar-refractivity contribution in [2.24, 2.45) is 0 Å². The molecule has 0 fully saturated rings. The number of hydrogen-bond donors (Lipinski definition) is 1. The smallest absolute Gasteiger partial charge is 0.349 e. The van der Waals surface area contributed by atoms with E-state index in [0.29, 0.717) is 5.69 Å². The second-order valence-electron chi connectivity index (χ2n) is 5.69. The first-order chi connectivity index (χ1) is 11.7. The van der Waals surface area contributed by atoms with Gasteiger partial charge in [-0.15, -0.1) is 0 Å². The average Bonchev–Trinajstić information content (AvgIpc) is 2.55. The summed E-state index contributed by atoms with van der Waals surface area (Å²) in [5.41, 5.74) is 0.249. The van der Waals surface area contributed by atoms with Crippen molar-refractivity contribution in [3.63, 3.8) is 0 Å². The molecule has 0 unspecified atom stereocenters. The zero-order chi connectivity index (χ0) is 18.6. The lowest BCUT2D eigenvalue weighted by molar-refractivity contribution is -0.137. The van der Waals surface area contributed by atoms with Crippen LogP contribution in [0.2, 0.25) is 0 Å². The molecule has 2 amide bonds. The number of benzene rings is 2. The van der Waals surface area contributed by atoms with E-state index in [9.17, 15) is 22.8 Å². The molecule has 0 aliphatic carbocycles. The molecule has 132 valence electrons. The lowest BCUT2D eigenvalue weighted by Gasteiger charge is -2.11. The molecule has 0 aromatic heterocycles. The van der Waals surface area contributed by atoms with E-state index in [0.717, 1.165) is 17.7 Å². The van der Waals surface area contributed by atoms with Crippen LogP contribution in [0.15, 0.2) is 48.5 Å². The summed E-state index contributed by atoms with van der Waals surface area (Å²) < 4.78 is 38.1. The fourth-order valence-electron chi connectivity index (χ4n) is 2.08. The first-order valence-electron chi connectivity index (χ1n) is 7.44. The highest BCUT2D eigenvalue weighted by Gasteiger charge is 2.30. The van der Waals surface area contributed by atoms with Gasteiger partial charge in [-0.3, -0.25) is 9.59 Å². The van der Waals surface area contributed by atoms with E-state index in [1.807, 2.05) is 0 Å². The van der Waals surface area contributed by atoms with E-state index in [1.165, 1.54) is 17.0 Å². The minimum atomic E-state index is -4.50. The highest BCUT2D eigenvalue weighted by molar-refractivity contribution is 6.04. The van der Waals surface area contributed by atoms with E-state index in [-0.39, 0.29) is 17.9 Å². The number of halogens is 3. The minimum absolute atomic E-state index is 0.0549. The quantitative estimate of drug-likeness (QED) is 0.916. The van der Waals surface area contributed by atoms with Crippen molar-refractivity contribution >= 4 is 17.5 Å². The first-order valence-corrected chi connectivity index (χ1v) is 7.44. The molecule has 25 heavy (non-hydrogen) atoms. The molecule has 0 spiro atoms. The topological polar surface area (TPSA) is 49.4 Å². The van der Waals surface area contributed by atoms with Gasteiger partial charge in [-0.1, -0.05) is 18.2 Å². The Hall–Kier alpha value is -2.83. The fourth-order valence-corrected chi connectivity index (χ4v) is 2.08. The number of amides is 2. The molecule has 0 radical (unpaired) electrons. The molecule has 2 aromatic carbocycles. The van der Waals surface area contributed by atoms with Gasteiger partial charge >= 0.3 is 6.18 Å². The second kappa shape index (κ2) is 7.38. The minimum Gasteiger partial charge on any atom is -0.349 e. The molecular weight excluding hydrogens is 333 g/mol. The van der Waals surface area contributed by atoms with Crippen molar-refractivity contribution in [3.8, 4) is 0 Å². The van der Waals surface area contributed by atoms with Crippen LogP contribution in [0.1, 0.15) is 21.5 Å². The summed E-state index contributed by atoms with van der Waals surface area (Å²) in [7, 11) is 3.32. The van der Waals surface area contributed by atoms with Crippen LogP contribution in [-0.2, 0) is 17.4 Å². The second-order valence-corrected chi connectivity index (χ2v) is 5.69. The highest BCUT2D eigenvalue weighted by Crippen LogP contribution is 2.29. The van der Waals surface area contributed by atoms with E-state index >= 15 is 0 Å². The van der Waals surface area contributed by atoms with Gasteiger partial charge < -0.3 is 10.2 Å². The molecule has 2 aromatic rings. The van der Waals surface area contributed by atoms with Crippen molar-refractivity contribution in [1.29, 1.82) is 0 Å². The van der Waals surface area contributed by atoms with Crippen LogP contribution in [0.4, 0.5) is 18.9 Å². The lowest BCUT2D eigenvalue weighted by atomic mass is 10.1. The molecule has 0 heterocycles. The van der Waals surface area contributed by atoms with Crippen LogP contribution < -0.4 is 5.32 Å². The van der Waals surface area contributed by atoms with E-state index in [1.54, 1.807) is 38.4 Å². The Balaban J connectivity index is 2.07. The Labute approximate surface area is 143 Å². The van der Waals surface area contributed by atoms with Gasteiger partial charge in [-0.25, -0.2) is 0 Å². The molecule has 0 saturated heterocycles. The van der Waals surface area contributed by atoms with Gasteiger partial charge in [0.1, 0.15) is 0 Å². The number of nitrogens with one attached hydrogen (secondary N) is 1. The molecule has 2 rings (SSSR count). The van der Waals surface area contributed by atoms with E-state index in [4.69, 9.17) is 0 Å². The van der Waals surface area contributed by atoms with Gasteiger partial charge in [0.15, 0.2) is 0 Å². The molecule has 4 nitrogen and oxygen atoms in total. The largest absolute Gasteiger partial charge is 0.416 e. The SMILES string of the molecule is CN(C)C(=O)Cc1ccc(NC(=O)c2cccc(C(F)(F)F)c2)cc1. The monoisotopic (exact) mass is 350 g/mol. The number of anilines is 1. The van der Waals surface area contributed by atoms with E-state index < -0.39 is 17.6 Å². The molecule has 0 bridgehead atoms. The predicted octanol–water partition coefficient (Wildman–Crippen LogP) is 3.59. The fraction of sp³-hybridized carbons (Fsp3) is 0.222. The lowest BCUT2D eigenvalue weighted by Crippen LogP contribution is -2.23. The van der Waals surface area contributed by atoms with Crippen LogP contribution >= 0.6 is 0 Å². The van der Waals surface area contributed by atoms with Crippen molar-refractivity contribution in [2.75, 3.05) is 19.4 Å². The number of carbonyl (C=O) groups is 2. The molecule has 0 aliphatic rings. The summed E-state index contributed by atoms with van der Waals surface area (Å²) in [5.74, 6) is -0.691. The van der Waals surface area contributed by atoms with Gasteiger partial charge in [0, 0.05) is 25.3 Å². The number of nitrogens with zero attached hydrogens (tertiary/aromatic N) is 1. The average molecular weight is 350 g/mol. The third-order valence-corrected chi connectivity index (χ3v) is 3.52. The number of carbonyl (C=O) groups excluding carboxylic acids is 2. The zero-order valence-electron chi connectivity index (χ0n) is 13.7. The first kappa shape index (κ1) is 18.5. The molecule has 7 heteroatoms. The normalized spacial score (nSPS) is 11.1. The molecular formula is C18H17F3N2O2. The molecule has 0 aliphatic heterocycles.